The maximum Gasteiger partial charge on any atom is 0.335 e. The van der Waals surface area contributed by atoms with Crippen molar-refractivity contribution in [3.63, 3.8) is 0 Å². The first-order valence-corrected chi connectivity index (χ1v) is 28.3. The highest BCUT2D eigenvalue weighted by atomic mass is 16.7. The van der Waals surface area contributed by atoms with E-state index in [4.69, 9.17) is 23.7 Å². The Bertz CT molecular complexity index is 1300. The third-order valence-corrected chi connectivity index (χ3v) is 13.0. The van der Waals surface area contributed by atoms with Crippen LogP contribution in [0.4, 0.5) is 0 Å². The summed E-state index contributed by atoms with van der Waals surface area (Å²) in [4.78, 5) is 50.9. The van der Waals surface area contributed by atoms with E-state index < -0.39 is 67.3 Å². The van der Waals surface area contributed by atoms with Crippen molar-refractivity contribution < 1.29 is 58.2 Å². The Morgan fingerprint density at radius 1 is 0.464 bits per heavy atom. The van der Waals surface area contributed by atoms with E-state index in [1.54, 1.807) is 0 Å². The Balaban J connectivity index is 2.68. The highest BCUT2D eigenvalue weighted by molar-refractivity contribution is 5.74. The number of carboxylic acid groups (broad SMARTS) is 1. The van der Waals surface area contributed by atoms with Gasteiger partial charge in [-0.25, -0.2) is 4.79 Å². The number of carboxylic acids is 1. The van der Waals surface area contributed by atoms with Crippen LogP contribution in [0.15, 0.2) is 24.3 Å². The number of carbonyl (C=O) groups excluding carboxylic acids is 3. The van der Waals surface area contributed by atoms with E-state index in [1.807, 2.05) is 0 Å². The summed E-state index contributed by atoms with van der Waals surface area (Å²) >= 11 is 0. The first-order valence-electron chi connectivity index (χ1n) is 28.3. The third-order valence-electron chi connectivity index (χ3n) is 13.0. The highest BCUT2D eigenvalue weighted by Gasteiger charge is 2.50. The Hall–Kier alpha value is -2.80. The highest BCUT2D eigenvalue weighted by Crippen LogP contribution is 2.26. The minimum atomic E-state index is -1.90. The molecule has 0 bridgehead atoms. The van der Waals surface area contributed by atoms with Gasteiger partial charge in [0.15, 0.2) is 24.6 Å². The van der Waals surface area contributed by atoms with Crippen LogP contribution in [-0.4, -0.2) is 89.2 Å². The van der Waals surface area contributed by atoms with Crippen LogP contribution in [0.2, 0.25) is 0 Å². The number of esters is 3. The van der Waals surface area contributed by atoms with Crippen LogP contribution in [0.1, 0.15) is 265 Å². The third kappa shape index (κ3) is 36.7. The van der Waals surface area contributed by atoms with E-state index in [-0.39, 0.29) is 25.9 Å². The molecule has 6 atom stereocenters. The Morgan fingerprint density at radius 3 is 1.28 bits per heavy atom. The average Bonchev–Trinajstić information content (AvgIpc) is 3.33. The van der Waals surface area contributed by atoms with E-state index in [1.165, 1.54) is 116 Å². The van der Waals surface area contributed by atoms with Gasteiger partial charge in [0, 0.05) is 19.3 Å². The van der Waals surface area contributed by atoms with Gasteiger partial charge < -0.3 is 39.0 Å². The van der Waals surface area contributed by atoms with E-state index in [2.05, 4.69) is 45.1 Å². The van der Waals surface area contributed by atoms with E-state index in [0.717, 1.165) is 89.9 Å². The molecule has 0 amide bonds. The monoisotopic (exact) mass is 979 g/mol. The van der Waals surface area contributed by atoms with E-state index in [9.17, 15) is 34.5 Å². The number of rotatable bonds is 48. The average molecular weight is 979 g/mol. The maximum absolute atomic E-state index is 13.1. The van der Waals surface area contributed by atoms with Crippen molar-refractivity contribution in [3.8, 4) is 0 Å². The zero-order chi connectivity index (χ0) is 50.4. The topological polar surface area (TPSA) is 175 Å². The molecule has 0 spiro atoms. The van der Waals surface area contributed by atoms with Crippen LogP contribution in [0, 0.1) is 0 Å². The Kier molecular flexibility index (Phi) is 43.1. The zero-order valence-corrected chi connectivity index (χ0v) is 44.1. The second kappa shape index (κ2) is 46.3. The molecule has 12 heteroatoms. The number of ether oxygens (including phenoxy) is 5. The summed E-state index contributed by atoms with van der Waals surface area (Å²) in [6, 6.07) is 0. The minimum absolute atomic E-state index is 0.0590. The molecule has 1 fully saturated rings. The Labute approximate surface area is 419 Å². The number of aliphatic hydroxyl groups excluding tert-OH is 2. The number of aliphatic carboxylic acids is 1. The maximum atomic E-state index is 13.1. The summed E-state index contributed by atoms with van der Waals surface area (Å²) in [7, 11) is 0. The predicted molar refractivity (Wildman–Crippen MR) is 276 cm³/mol. The van der Waals surface area contributed by atoms with Crippen LogP contribution >= 0.6 is 0 Å². The first kappa shape index (κ1) is 64.2. The van der Waals surface area contributed by atoms with Crippen molar-refractivity contribution in [2.75, 3.05) is 13.2 Å². The number of hydrogen-bond acceptors (Lipinski definition) is 11. The second-order valence-electron chi connectivity index (χ2n) is 19.6. The second-order valence-corrected chi connectivity index (χ2v) is 19.6. The van der Waals surface area contributed by atoms with Crippen molar-refractivity contribution >= 4 is 23.9 Å². The molecular formula is C57H102O12. The summed E-state index contributed by atoms with van der Waals surface area (Å²) in [5, 5.41) is 31.4. The van der Waals surface area contributed by atoms with Crippen LogP contribution < -0.4 is 0 Å². The van der Waals surface area contributed by atoms with Crippen LogP contribution in [0.3, 0.4) is 0 Å². The summed E-state index contributed by atoms with van der Waals surface area (Å²) in [6.07, 6.45) is 38.7. The fourth-order valence-electron chi connectivity index (χ4n) is 8.58. The first-order chi connectivity index (χ1) is 33.6. The van der Waals surface area contributed by atoms with E-state index >= 15 is 0 Å². The van der Waals surface area contributed by atoms with E-state index in [0.29, 0.717) is 19.3 Å². The number of aliphatic hydroxyl groups is 2. The van der Waals surface area contributed by atoms with Gasteiger partial charge in [-0.15, -0.1) is 0 Å². The van der Waals surface area contributed by atoms with Crippen LogP contribution in [-0.2, 0) is 42.9 Å². The largest absolute Gasteiger partial charge is 0.479 e. The molecule has 69 heavy (non-hydrogen) atoms. The molecule has 6 unspecified atom stereocenters. The normalized spacial score (nSPS) is 18.8. The molecule has 1 saturated heterocycles. The van der Waals surface area contributed by atoms with Gasteiger partial charge in [-0.3, -0.25) is 14.4 Å². The van der Waals surface area contributed by atoms with Crippen molar-refractivity contribution in [2.24, 2.45) is 0 Å². The van der Waals surface area contributed by atoms with Gasteiger partial charge in [0.25, 0.3) is 0 Å². The molecule has 0 aliphatic carbocycles. The lowest BCUT2D eigenvalue weighted by Gasteiger charge is -2.40. The van der Waals surface area contributed by atoms with Crippen molar-refractivity contribution in [1.82, 2.24) is 0 Å². The van der Waals surface area contributed by atoms with Gasteiger partial charge in [-0.1, -0.05) is 206 Å². The number of carbonyl (C=O) groups is 4. The molecule has 1 aliphatic heterocycles. The lowest BCUT2D eigenvalue weighted by molar-refractivity contribution is -0.301. The van der Waals surface area contributed by atoms with Crippen molar-refractivity contribution in [2.45, 2.75) is 302 Å². The van der Waals surface area contributed by atoms with Gasteiger partial charge in [-0.05, 0) is 64.2 Å². The lowest BCUT2D eigenvalue weighted by Crippen LogP contribution is -2.61. The molecule has 0 radical (unpaired) electrons. The van der Waals surface area contributed by atoms with Crippen molar-refractivity contribution in [1.29, 1.82) is 0 Å². The molecule has 0 aromatic carbocycles. The van der Waals surface area contributed by atoms with Gasteiger partial charge in [0.2, 0.25) is 0 Å². The fraction of sp³-hybridized carbons (Fsp3) is 0.860. The summed E-state index contributed by atoms with van der Waals surface area (Å²) in [5.41, 5.74) is 0. The Morgan fingerprint density at radius 2 is 0.841 bits per heavy atom. The molecule has 1 heterocycles. The smallest absolute Gasteiger partial charge is 0.335 e. The summed E-state index contributed by atoms with van der Waals surface area (Å²) in [6.45, 7) is 5.94. The molecule has 0 aromatic heterocycles. The minimum Gasteiger partial charge on any atom is -0.479 e. The number of allylic oxidation sites excluding steroid dienone is 4. The predicted octanol–water partition coefficient (Wildman–Crippen LogP) is 13.9. The zero-order valence-electron chi connectivity index (χ0n) is 44.1. The fourth-order valence-corrected chi connectivity index (χ4v) is 8.58. The molecule has 0 aromatic rings. The molecule has 12 nitrogen and oxygen atoms in total. The molecule has 402 valence electrons. The summed E-state index contributed by atoms with van der Waals surface area (Å²) in [5.74, 6) is -3.11. The van der Waals surface area contributed by atoms with Gasteiger partial charge >= 0.3 is 23.9 Å². The molecule has 3 N–H and O–H groups in total. The quantitative estimate of drug-likeness (QED) is 0.0228. The lowest BCUT2D eigenvalue weighted by atomic mass is 9.98. The van der Waals surface area contributed by atoms with Gasteiger partial charge in [0.05, 0.1) is 6.61 Å². The SMILES string of the molecule is CCCC/C=C\CCCCCCCC(=O)OCC(COC1OC(C(=O)O)C(O)C(O)C1OC(=O)CCCCCCCCC/C=C\CCCCCCCC)OC(=O)CCCCCCCCCCCCC. The summed E-state index contributed by atoms with van der Waals surface area (Å²) < 4.78 is 28.3. The molecular weight excluding hydrogens is 877 g/mol. The molecule has 0 saturated carbocycles. The van der Waals surface area contributed by atoms with Crippen molar-refractivity contribution in [3.05, 3.63) is 24.3 Å². The van der Waals surface area contributed by atoms with Gasteiger partial charge in [-0.2, -0.15) is 0 Å². The molecule has 1 rings (SSSR count). The molecule has 1 aliphatic rings. The van der Waals surface area contributed by atoms with Crippen LogP contribution in [0.25, 0.3) is 0 Å². The van der Waals surface area contributed by atoms with Crippen LogP contribution in [0.5, 0.6) is 0 Å². The number of unbranched alkanes of at least 4 members (excludes halogenated alkanes) is 30. The van der Waals surface area contributed by atoms with Gasteiger partial charge in [0.1, 0.15) is 18.8 Å². The number of hydrogen-bond donors (Lipinski definition) is 3. The standard InChI is InChI=1S/C57H102O12/c1-4-7-10-13-16-19-22-23-24-25-26-27-30-33-36-39-42-45-51(60)68-55-53(62)52(61)54(56(63)64)69-57(55)66-47-48(67-50(59)44-41-38-35-32-29-21-18-15-12-9-6-3)46-65-49(58)43-40-37-34-31-28-20-17-14-11-8-5-2/h14,17,23-24,48,52-55,57,61-62H,4-13,15-16,18-22,25-47H2,1-3H3,(H,63,64)/b17-14-,24-23-.